The van der Waals surface area contributed by atoms with Crippen molar-refractivity contribution in [3.8, 4) is 0 Å². The quantitative estimate of drug-likeness (QED) is 0.818. The molecule has 0 aromatic carbocycles. The summed E-state index contributed by atoms with van der Waals surface area (Å²) in [5.41, 5.74) is 5.47. The molecular formula is C11H15ClN4O. The van der Waals surface area contributed by atoms with E-state index in [1.807, 2.05) is 0 Å². The van der Waals surface area contributed by atoms with Crippen molar-refractivity contribution in [2.24, 2.45) is 11.7 Å². The molecule has 1 amide bonds. The first-order valence-electron chi connectivity index (χ1n) is 5.63. The van der Waals surface area contributed by atoms with E-state index in [1.165, 1.54) is 12.4 Å². The highest BCUT2D eigenvalue weighted by molar-refractivity contribution is 6.18. The number of rotatable bonds is 3. The van der Waals surface area contributed by atoms with Crippen LogP contribution in [0.25, 0.3) is 0 Å². The summed E-state index contributed by atoms with van der Waals surface area (Å²) in [6.07, 6.45) is 5.06. The minimum Gasteiger partial charge on any atom is -0.366 e. The number of halogens is 1. The summed E-state index contributed by atoms with van der Waals surface area (Å²) in [6, 6.07) is 0. The molecule has 5 nitrogen and oxygen atoms in total. The second-order valence-corrected chi connectivity index (χ2v) is 4.53. The molecule has 1 aromatic heterocycles. The van der Waals surface area contributed by atoms with Crippen molar-refractivity contribution in [3.05, 3.63) is 18.0 Å². The molecule has 1 aliphatic heterocycles. The van der Waals surface area contributed by atoms with Gasteiger partial charge in [0, 0.05) is 31.4 Å². The molecule has 1 saturated heterocycles. The normalized spacial score (nSPS) is 17.1. The van der Waals surface area contributed by atoms with Crippen molar-refractivity contribution in [1.29, 1.82) is 0 Å². The lowest BCUT2D eigenvalue weighted by molar-refractivity contribution is 0.0999. The third-order valence-corrected chi connectivity index (χ3v) is 3.47. The van der Waals surface area contributed by atoms with Crippen LogP contribution in [-0.4, -0.2) is 34.8 Å². The summed E-state index contributed by atoms with van der Waals surface area (Å²) in [6.45, 7) is 1.82. The highest BCUT2D eigenvalue weighted by Gasteiger charge is 2.20. The molecule has 6 heteroatoms. The van der Waals surface area contributed by atoms with Crippen molar-refractivity contribution < 1.29 is 4.79 Å². The number of hydrogen-bond donors (Lipinski definition) is 1. The Kier molecular flexibility index (Phi) is 3.78. The summed E-state index contributed by atoms with van der Waals surface area (Å²) < 4.78 is 0. The molecule has 0 atom stereocenters. The predicted octanol–water partition coefficient (Wildman–Crippen LogP) is 1.03. The molecule has 0 radical (unpaired) electrons. The van der Waals surface area contributed by atoms with Crippen LogP contribution in [0, 0.1) is 5.92 Å². The van der Waals surface area contributed by atoms with Crippen LogP contribution in [0.3, 0.4) is 0 Å². The lowest BCUT2D eigenvalue weighted by Gasteiger charge is -2.30. The number of nitrogens with two attached hydrogens (primary N) is 1. The molecule has 1 aromatic rings. The standard InChI is InChI=1S/C11H15ClN4O/c12-5-8-1-3-16(4-2-8)11-14-6-9(7-15-11)10(13)17/h6-8H,1-5H2,(H2,13,17). The van der Waals surface area contributed by atoms with Gasteiger partial charge in [-0.2, -0.15) is 0 Å². The van der Waals surface area contributed by atoms with E-state index in [2.05, 4.69) is 14.9 Å². The largest absolute Gasteiger partial charge is 0.366 e. The number of anilines is 1. The van der Waals surface area contributed by atoms with Gasteiger partial charge in [0.15, 0.2) is 0 Å². The van der Waals surface area contributed by atoms with Gasteiger partial charge in [-0.25, -0.2) is 9.97 Å². The third-order valence-electron chi connectivity index (χ3n) is 3.04. The van der Waals surface area contributed by atoms with Gasteiger partial charge in [0.2, 0.25) is 5.95 Å². The van der Waals surface area contributed by atoms with E-state index >= 15 is 0 Å². The maximum atomic E-state index is 10.9. The van der Waals surface area contributed by atoms with Crippen LogP contribution in [0.5, 0.6) is 0 Å². The van der Waals surface area contributed by atoms with Crippen molar-refractivity contribution in [2.45, 2.75) is 12.8 Å². The fraction of sp³-hybridized carbons (Fsp3) is 0.545. The number of piperidine rings is 1. The van der Waals surface area contributed by atoms with Gasteiger partial charge in [-0.15, -0.1) is 11.6 Å². The highest BCUT2D eigenvalue weighted by Crippen LogP contribution is 2.21. The lowest BCUT2D eigenvalue weighted by Crippen LogP contribution is -2.35. The molecular weight excluding hydrogens is 240 g/mol. The molecule has 2 heterocycles. The average molecular weight is 255 g/mol. The lowest BCUT2D eigenvalue weighted by atomic mass is 9.99. The number of aromatic nitrogens is 2. The molecule has 2 N–H and O–H groups in total. The molecule has 0 unspecified atom stereocenters. The maximum absolute atomic E-state index is 10.9. The van der Waals surface area contributed by atoms with Crippen molar-refractivity contribution in [1.82, 2.24) is 9.97 Å². The number of amides is 1. The van der Waals surface area contributed by atoms with Crippen LogP contribution in [0.1, 0.15) is 23.2 Å². The van der Waals surface area contributed by atoms with E-state index in [-0.39, 0.29) is 0 Å². The zero-order valence-corrected chi connectivity index (χ0v) is 10.2. The third kappa shape index (κ3) is 2.85. The number of carbonyl (C=O) groups is 1. The monoisotopic (exact) mass is 254 g/mol. The van der Waals surface area contributed by atoms with E-state index < -0.39 is 5.91 Å². The molecule has 2 rings (SSSR count). The van der Waals surface area contributed by atoms with E-state index in [0.717, 1.165) is 31.8 Å². The first-order valence-corrected chi connectivity index (χ1v) is 6.17. The second-order valence-electron chi connectivity index (χ2n) is 4.22. The minimum absolute atomic E-state index is 0.337. The predicted molar refractivity (Wildman–Crippen MR) is 66.2 cm³/mol. The van der Waals surface area contributed by atoms with Crippen LogP contribution in [0.15, 0.2) is 12.4 Å². The first kappa shape index (κ1) is 12.1. The Balaban J connectivity index is 2.01. The Morgan fingerprint density at radius 3 is 2.47 bits per heavy atom. The fourth-order valence-corrected chi connectivity index (χ4v) is 2.21. The summed E-state index contributed by atoms with van der Waals surface area (Å²) in [5.74, 6) is 1.47. The first-order chi connectivity index (χ1) is 8.20. The topological polar surface area (TPSA) is 72.1 Å². The molecule has 0 bridgehead atoms. The number of primary amides is 1. The van der Waals surface area contributed by atoms with Gasteiger partial charge in [-0.1, -0.05) is 0 Å². The number of hydrogen-bond acceptors (Lipinski definition) is 4. The molecule has 17 heavy (non-hydrogen) atoms. The number of alkyl halides is 1. The van der Waals surface area contributed by atoms with Crippen molar-refractivity contribution >= 4 is 23.5 Å². The van der Waals surface area contributed by atoms with E-state index in [0.29, 0.717) is 17.4 Å². The Bertz CT molecular complexity index is 387. The van der Waals surface area contributed by atoms with Gasteiger partial charge < -0.3 is 10.6 Å². The average Bonchev–Trinajstić information content (AvgIpc) is 2.39. The van der Waals surface area contributed by atoms with E-state index in [4.69, 9.17) is 17.3 Å². The van der Waals surface area contributed by atoms with E-state index in [1.54, 1.807) is 0 Å². The fourth-order valence-electron chi connectivity index (χ4n) is 1.90. The number of nitrogens with zero attached hydrogens (tertiary/aromatic N) is 3. The molecule has 92 valence electrons. The van der Waals surface area contributed by atoms with Crippen LogP contribution >= 0.6 is 11.6 Å². The Morgan fingerprint density at radius 1 is 1.41 bits per heavy atom. The van der Waals surface area contributed by atoms with Gasteiger partial charge in [-0.05, 0) is 18.8 Å². The Hall–Kier alpha value is -1.36. The van der Waals surface area contributed by atoms with Gasteiger partial charge in [0.25, 0.3) is 5.91 Å². The van der Waals surface area contributed by atoms with Crippen LogP contribution in [0.2, 0.25) is 0 Å². The smallest absolute Gasteiger partial charge is 0.251 e. The van der Waals surface area contributed by atoms with Crippen LogP contribution in [-0.2, 0) is 0 Å². The molecule has 1 aliphatic rings. The molecule has 0 aliphatic carbocycles. The second kappa shape index (κ2) is 5.31. The Labute approximate surface area is 105 Å². The zero-order valence-electron chi connectivity index (χ0n) is 9.47. The minimum atomic E-state index is -0.502. The highest BCUT2D eigenvalue weighted by atomic mass is 35.5. The van der Waals surface area contributed by atoms with Crippen molar-refractivity contribution in [2.75, 3.05) is 23.9 Å². The molecule has 0 saturated carbocycles. The zero-order chi connectivity index (χ0) is 12.3. The Morgan fingerprint density at radius 2 is 2.00 bits per heavy atom. The van der Waals surface area contributed by atoms with Gasteiger partial charge in [-0.3, -0.25) is 4.79 Å². The van der Waals surface area contributed by atoms with Gasteiger partial charge in [0.05, 0.1) is 5.56 Å². The van der Waals surface area contributed by atoms with Crippen LogP contribution < -0.4 is 10.6 Å². The molecule has 1 fully saturated rings. The van der Waals surface area contributed by atoms with Gasteiger partial charge >= 0.3 is 0 Å². The summed E-state index contributed by atoms with van der Waals surface area (Å²) in [7, 11) is 0. The molecule has 0 spiro atoms. The van der Waals surface area contributed by atoms with Crippen molar-refractivity contribution in [3.63, 3.8) is 0 Å². The maximum Gasteiger partial charge on any atom is 0.251 e. The summed E-state index contributed by atoms with van der Waals surface area (Å²) in [5, 5.41) is 0. The summed E-state index contributed by atoms with van der Waals surface area (Å²) >= 11 is 5.83. The van der Waals surface area contributed by atoms with Gasteiger partial charge in [0.1, 0.15) is 0 Å². The van der Waals surface area contributed by atoms with E-state index in [9.17, 15) is 4.79 Å². The SMILES string of the molecule is NC(=O)c1cnc(N2CCC(CCl)CC2)nc1. The van der Waals surface area contributed by atoms with Crippen LogP contribution in [0.4, 0.5) is 5.95 Å². The summed E-state index contributed by atoms with van der Waals surface area (Å²) in [4.78, 5) is 21.3. The number of carbonyl (C=O) groups excluding carboxylic acids is 1.